The molecule has 0 aromatic rings. The van der Waals surface area contributed by atoms with Crippen LogP contribution in [0.1, 0.15) is 65.2 Å². The van der Waals surface area contributed by atoms with E-state index in [2.05, 4.69) is 13.8 Å². The molecule has 1 amide bonds. The van der Waals surface area contributed by atoms with Crippen molar-refractivity contribution >= 4 is 11.9 Å². The molecule has 20 heavy (non-hydrogen) atoms. The number of carbonyl (C=O) groups excluding carboxylic acids is 1. The molecule has 0 aromatic heterocycles. The smallest absolute Gasteiger partial charge is 0.328 e. The molecule has 0 unspecified atom stereocenters. The van der Waals surface area contributed by atoms with E-state index in [1.165, 1.54) is 31.8 Å². The zero-order valence-electron chi connectivity index (χ0n) is 12.9. The van der Waals surface area contributed by atoms with E-state index in [4.69, 9.17) is 5.11 Å². The molecule has 0 aliphatic carbocycles. The summed E-state index contributed by atoms with van der Waals surface area (Å²) in [6.45, 7) is 5.77. The van der Waals surface area contributed by atoms with Crippen LogP contribution in [0.15, 0.2) is 12.2 Å². The molecule has 116 valence electrons. The van der Waals surface area contributed by atoms with E-state index >= 15 is 0 Å². The van der Waals surface area contributed by atoms with E-state index < -0.39 is 5.97 Å². The number of aliphatic carboxylic acids is 1. The number of unbranched alkanes of at least 4 members (excludes halogenated alkanes) is 6. The Morgan fingerprint density at radius 3 is 1.75 bits per heavy atom. The van der Waals surface area contributed by atoms with Crippen LogP contribution in [-0.2, 0) is 9.59 Å². The number of carbonyl (C=O) groups is 2. The number of hydrogen-bond donors (Lipinski definition) is 1. The Bertz CT molecular complexity index is 288. The third kappa shape index (κ3) is 10.6. The fourth-order valence-corrected chi connectivity index (χ4v) is 2.04. The fourth-order valence-electron chi connectivity index (χ4n) is 2.04. The molecule has 1 N–H and O–H groups in total. The highest BCUT2D eigenvalue weighted by atomic mass is 16.4. The summed E-state index contributed by atoms with van der Waals surface area (Å²) in [4.78, 5) is 24.2. The minimum atomic E-state index is -1.07. The van der Waals surface area contributed by atoms with Gasteiger partial charge in [0.2, 0.25) is 5.91 Å². The molecule has 0 radical (unpaired) electrons. The van der Waals surface area contributed by atoms with Crippen molar-refractivity contribution in [1.82, 2.24) is 4.90 Å². The van der Waals surface area contributed by atoms with Gasteiger partial charge in [-0.2, -0.15) is 0 Å². The Hall–Kier alpha value is -1.32. The molecule has 0 aliphatic rings. The lowest BCUT2D eigenvalue weighted by Crippen LogP contribution is -2.31. The lowest BCUT2D eigenvalue weighted by atomic mass is 10.1. The number of carboxylic acids is 1. The van der Waals surface area contributed by atoms with Gasteiger partial charge < -0.3 is 10.0 Å². The van der Waals surface area contributed by atoms with Crippen LogP contribution < -0.4 is 0 Å². The van der Waals surface area contributed by atoms with Crippen LogP contribution in [0.5, 0.6) is 0 Å². The lowest BCUT2D eigenvalue weighted by molar-refractivity contribution is -0.132. The summed E-state index contributed by atoms with van der Waals surface area (Å²) in [5.74, 6) is -1.25. The van der Waals surface area contributed by atoms with Gasteiger partial charge >= 0.3 is 5.97 Å². The fraction of sp³-hybridized carbons (Fsp3) is 0.750. The van der Waals surface area contributed by atoms with Crippen LogP contribution in [-0.4, -0.2) is 35.0 Å². The molecule has 0 saturated heterocycles. The Labute approximate surface area is 122 Å². The standard InChI is InChI=1S/C16H29NO3/c1-3-5-7-9-13-17(14-10-8-6-4-2)15(18)11-12-16(19)20/h11-12H,3-10,13-14H2,1-2H3,(H,19,20). The Balaban J connectivity index is 4.21. The Morgan fingerprint density at radius 2 is 1.35 bits per heavy atom. The van der Waals surface area contributed by atoms with Crippen molar-refractivity contribution in [3.8, 4) is 0 Å². The van der Waals surface area contributed by atoms with Crippen LogP contribution in [0.3, 0.4) is 0 Å². The third-order valence-electron chi connectivity index (χ3n) is 3.24. The van der Waals surface area contributed by atoms with Crippen LogP contribution in [0, 0.1) is 0 Å². The number of carboxylic acid groups (broad SMARTS) is 1. The molecule has 0 aliphatic heterocycles. The van der Waals surface area contributed by atoms with Gasteiger partial charge in [0.15, 0.2) is 0 Å². The first-order valence-corrected chi connectivity index (χ1v) is 7.81. The van der Waals surface area contributed by atoms with Crippen LogP contribution in [0.4, 0.5) is 0 Å². The molecule has 0 fully saturated rings. The second kappa shape index (κ2) is 12.7. The lowest BCUT2D eigenvalue weighted by Gasteiger charge is -2.21. The van der Waals surface area contributed by atoms with Gasteiger partial charge in [0, 0.05) is 25.2 Å². The Kier molecular flexibility index (Phi) is 11.9. The highest BCUT2D eigenvalue weighted by molar-refractivity contribution is 5.93. The monoisotopic (exact) mass is 283 g/mol. The predicted octanol–water partition coefficient (Wildman–Crippen LogP) is 3.62. The molecular formula is C16H29NO3. The second-order valence-electron chi connectivity index (χ2n) is 5.12. The average Bonchev–Trinajstić information content (AvgIpc) is 2.43. The molecule has 0 atom stereocenters. The minimum Gasteiger partial charge on any atom is -0.478 e. The van der Waals surface area contributed by atoms with Crippen LogP contribution in [0.2, 0.25) is 0 Å². The van der Waals surface area contributed by atoms with Crippen molar-refractivity contribution in [2.45, 2.75) is 65.2 Å². The maximum absolute atomic E-state index is 12.0. The number of amides is 1. The topological polar surface area (TPSA) is 57.6 Å². The summed E-state index contributed by atoms with van der Waals surface area (Å²) < 4.78 is 0. The van der Waals surface area contributed by atoms with Crippen molar-refractivity contribution in [3.63, 3.8) is 0 Å². The van der Waals surface area contributed by atoms with Crippen molar-refractivity contribution in [3.05, 3.63) is 12.2 Å². The van der Waals surface area contributed by atoms with Crippen molar-refractivity contribution in [2.24, 2.45) is 0 Å². The summed E-state index contributed by atoms with van der Waals surface area (Å²) in [7, 11) is 0. The molecule has 0 rings (SSSR count). The number of nitrogens with zero attached hydrogens (tertiary/aromatic N) is 1. The maximum Gasteiger partial charge on any atom is 0.328 e. The van der Waals surface area contributed by atoms with Gasteiger partial charge in [0.25, 0.3) is 0 Å². The highest BCUT2D eigenvalue weighted by Gasteiger charge is 2.10. The first kappa shape index (κ1) is 18.7. The molecule has 0 aromatic carbocycles. The molecular weight excluding hydrogens is 254 g/mol. The first-order chi connectivity index (χ1) is 9.61. The van der Waals surface area contributed by atoms with Crippen molar-refractivity contribution in [2.75, 3.05) is 13.1 Å². The summed E-state index contributed by atoms with van der Waals surface area (Å²) in [6, 6.07) is 0. The third-order valence-corrected chi connectivity index (χ3v) is 3.24. The first-order valence-electron chi connectivity index (χ1n) is 7.81. The molecule has 4 nitrogen and oxygen atoms in total. The van der Waals surface area contributed by atoms with E-state index in [1.807, 2.05) is 0 Å². The molecule has 4 heteroatoms. The normalized spacial score (nSPS) is 10.9. The van der Waals surface area contributed by atoms with Crippen molar-refractivity contribution < 1.29 is 14.7 Å². The van der Waals surface area contributed by atoms with E-state index in [-0.39, 0.29) is 5.91 Å². The molecule has 0 heterocycles. The number of hydrogen-bond acceptors (Lipinski definition) is 2. The van der Waals surface area contributed by atoms with Gasteiger partial charge in [-0.1, -0.05) is 52.4 Å². The van der Waals surface area contributed by atoms with E-state index in [1.54, 1.807) is 4.90 Å². The number of rotatable bonds is 12. The summed E-state index contributed by atoms with van der Waals surface area (Å²) in [5, 5.41) is 8.58. The van der Waals surface area contributed by atoms with Gasteiger partial charge in [-0.15, -0.1) is 0 Å². The quantitative estimate of drug-likeness (QED) is 0.439. The van der Waals surface area contributed by atoms with E-state index in [9.17, 15) is 9.59 Å². The van der Waals surface area contributed by atoms with Crippen molar-refractivity contribution in [1.29, 1.82) is 0 Å². The molecule has 0 spiro atoms. The highest BCUT2D eigenvalue weighted by Crippen LogP contribution is 2.06. The Morgan fingerprint density at radius 1 is 0.850 bits per heavy atom. The maximum atomic E-state index is 12.0. The van der Waals surface area contributed by atoms with Crippen LogP contribution >= 0.6 is 0 Å². The van der Waals surface area contributed by atoms with Gasteiger partial charge in [-0.25, -0.2) is 4.79 Å². The van der Waals surface area contributed by atoms with Gasteiger partial charge in [0.1, 0.15) is 0 Å². The zero-order valence-corrected chi connectivity index (χ0v) is 12.9. The molecule has 0 saturated carbocycles. The van der Waals surface area contributed by atoms with Gasteiger partial charge in [0.05, 0.1) is 0 Å². The second-order valence-corrected chi connectivity index (χ2v) is 5.12. The zero-order chi connectivity index (χ0) is 15.2. The largest absolute Gasteiger partial charge is 0.478 e. The summed E-state index contributed by atoms with van der Waals surface area (Å²) in [5.41, 5.74) is 0. The van der Waals surface area contributed by atoms with E-state index in [0.717, 1.165) is 44.8 Å². The van der Waals surface area contributed by atoms with Gasteiger partial charge in [-0.05, 0) is 12.8 Å². The van der Waals surface area contributed by atoms with Crippen LogP contribution in [0.25, 0.3) is 0 Å². The summed E-state index contributed by atoms with van der Waals surface area (Å²) >= 11 is 0. The predicted molar refractivity (Wildman–Crippen MR) is 81.6 cm³/mol. The average molecular weight is 283 g/mol. The minimum absolute atomic E-state index is 0.180. The summed E-state index contributed by atoms with van der Waals surface area (Å²) in [6.07, 6.45) is 11.0. The molecule has 0 bridgehead atoms. The van der Waals surface area contributed by atoms with Gasteiger partial charge in [-0.3, -0.25) is 4.79 Å². The SMILES string of the molecule is CCCCCCN(CCCCCC)C(=O)C=CC(=O)O. The van der Waals surface area contributed by atoms with E-state index in [0.29, 0.717) is 0 Å².